The van der Waals surface area contributed by atoms with E-state index in [2.05, 4.69) is 27.2 Å². The molecule has 2 aromatic heterocycles. The summed E-state index contributed by atoms with van der Waals surface area (Å²) in [5, 5.41) is 4.00. The number of amides is 2. The second kappa shape index (κ2) is 10.1. The summed E-state index contributed by atoms with van der Waals surface area (Å²) in [6, 6.07) is 13.0. The van der Waals surface area contributed by atoms with Crippen molar-refractivity contribution in [2.24, 2.45) is 0 Å². The molecule has 0 unspecified atom stereocenters. The Bertz CT molecular complexity index is 1440. The molecule has 0 saturated carbocycles. The number of nitrogens with one attached hydrogen (secondary N) is 1. The van der Waals surface area contributed by atoms with Gasteiger partial charge in [-0.15, -0.1) is 0 Å². The van der Waals surface area contributed by atoms with Gasteiger partial charge in [0.05, 0.1) is 16.9 Å². The molecule has 3 heterocycles. The minimum atomic E-state index is -0.130. The minimum Gasteiger partial charge on any atom is -0.368 e. The number of halogens is 2. The third kappa shape index (κ3) is 4.98. The van der Waals surface area contributed by atoms with Crippen LogP contribution in [0.1, 0.15) is 12.5 Å². The van der Waals surface area contributed by atoms with Gasteiger partial charge in [-0.05, 0) is 42.3 Å². The number of carbonyl (C=O) groups is 1. The van der Waals surface area contributed by atoms with Crippen LogP contribution in [0.15, 0.2) is 48.7 Å². The van der Waals surface area contributed by atoms with Crippen molar-refractivity contribution in [3.05, 3.63) is 64.3 Å². The van der Waals surface area contributed by atoms with Crippen LogP contribution in [0.4, 0.5) is 22.2 Å². The summed E-state index contributed by atoms with van der Waals surface area (Å²) < 4.78 is 0. The van der Waals surface area contributed by atoms with E-state index in [0.717, 1.165) is 12.1 Å². The van der Waals surface area contributed by atoms with Gasteiger partial charge in [-0.2, -0.15) is 9.97 Å². The molecule has 1 fully saturated rings. The molecule has 184 valence electrons. The number of urea groups is 1. The number of anilines is 3. The molecule has 36 heavy (non-hydrogen) atoms. The number of benzene rings is 2. The Balaban J connectivity index is 1.36. The number of carbonyl (C=O) groups excluding carboxylic acids is 1. The molecule has 4 aromatic rings. The number of nitrogen functional groups attached to an aromatic ring is 1. The number of rotatable bonds is 4. The highest BCUT2D eigenvalue weighted by Crippen LogP contribution is 2.31. The van der Waals surface area contributed by atoms with Crippen LogP contribution in [0.3, 0.4) is 0 Å². The fourth-order valence-corrected chi connectivity index (χ4v) is 4.66. The monoisotopic (exact) mass is 522 g/mol. The standard InChI is InChI=1S/C25H24Cl2N8O/c1-2-15-4-3-5-17(12-15)30-25(36)35-10-8-34(9-11-35)23-21-22(32-24(28)33-23)29-14-20(31-21)18-7-6-16(26)13-19(18)27/h3-7,12-14H,2,8-11H2,1H3,(H,30,36)(H2,28,29,32,33). The summed E-state index contributed by atoms with van der Waals surface area (Å²) in [6.07, 6.45) is 2.51. The highest BCUT2D eigenvalue weighted by Gasteiger charge is 2.25. The van der Waals surface area contributed by atoms with Crippen molar-refractivity contribution in [2.45, 2.75) is 13.3 Å². The van der Waals surface area contributed by atoms with Crippen molar-refractivity contribution in [1.82, 2.24) is 24.8 Å². The van der Waals surface area contributed by atoms with Crippen molar-refractivity contribution in [1.29, 1.82) is 0 Å². The number of nitrogens with zero attached hydrogens (tertiary/aromatic N) is 6. The smallest absolute Gasteiger partial charge is 0.321 e. The topological polar surface area (TPSA) is 113 Å². The highest BCUT2D eigenvalue weighted by molar-refractivity contribution is 6.36. The van der Waals surface area contributed by atoms with Gasteiger partial charge in [-0.1, -0.05) is 42.3 Å². The lowest BCUT2D eigenvalue weighted by atomic mass is 10.1. The number of hydrogen-bond donors (Lipinski definition) is 2. The first-order valence-electron chi connectivity index (χ1n) is 11.6. The average molecular weight is 523 g/mol. The first-order valence-corrected chi connectivity index (χ1v) is 12.3. The van der Waals surface area contributed by atoms with E-state index in [1.54, 1.807) is 29.3 Å². The van der Waals surface area contributed by atoms with E-state index in [1.165, 1.54) is 5.56 Å². The maximum Gasteiger partial charge on any atom is 0.321 e. The molecule has 11 heteroatoms. The maximum atomic E-state index is 12.8. The van der Waals surface area contributed by atoms with Crippen molar-refractivity contribution >= 4 is 57.9 Å². The highest BCUT2D eigenvalue weighted by atomic mass is 35.5. The maximum absolute atomic E-state index is 12.8. The Hall–Kier alpha value is -3.69. The molecule has 3 N–H and O–H groups in total. The van der Waals surface area contributed by atoms with Crippen molar-refractivity contribution < 1.29 is 4.79 Å². The molecule has 0 aliphatic carbocycles. The van der Waals surface area contributed by atoms with E-state index >= 15 is 0 Å². The fraction of sp³-hybridized carbons (Fsp3) is 0.240. The van der Waals surface area contributed by atoms with Gasteiger partial charge in [-0.25, -0.2) is 14.8 Å². The Morgan fingerprint density at radius 2 is 1.86 bits per heavy atom. The summed E-state index contributed by atoms with van der Waals surface area (Å²) >= 11 is 12.4. The minimum absolute atomic E-state index is 0.111. The summed E-state index contributed by atoms with van der Waals surface area (Å²) in [5.41, 5.74) is 10.1. The zero-order valence-electron chi connectivity index (χ0n) is 19.6. The van der Waals surface area contributed by atoms with Crippen LogP contribution >= 0.6 is 23.2 Å². The zero-order valence-corrected chi connectivity index (χ0v) is 21.1. The molecular formula is C25H24Cl2N8O. The van der Waals surface area contributed by atoms with Gasteiger partial charge in [0.1, 0.15) is 0 Å². The van der Waals surface area contributed by atoms with Gasteiger partial charge < -0.3 is 20.9 Å². The summed E-state index contributed by atoms with van der Waals surface area (Å²) in [6.45, 7) is 4.23. The van der Waals surface area contributed by atoms with E-state index in [9.17, 15) is 4.79 Å². The molecular weight excluding hydrogens is 499 g/mol. The van der Waals surface area contributed by atoms with Crippen LogP contribution < -0.4 is 16.0 Å². The molecule has 0 radical (unpaired) electrons. The van der Waals surface area contributed by atoms with E-state index in [4.69, 9.17) is 33.9 Å². The van der Waals surface area contributed by atoms with E-state index in [1.807, 2.05) is 29.2 Å². The lowest BCUT2D eigenvalue weighted by Gasteiger charge is -2.35. The Morgan fingerprint density at radius 3 is 2.61 bits per heavy atom. The molecule has 1 aliphatic rings. The molecule has 2 amide bonds. The number of hydrogen-bond acceptors (Lipinski definition) is 7. The number of fused-ring (bicyclic) bond motifs is 1. The predicted octanol–water partition coefficient (Wildman–Crippen LogP) is 4.89. The first-order chi connectivity index (χ1) is 17.4. The molecule has 2 aromatic carbocycles. The van der Waals surface area contributed by atoms with E-state index in [0.29, 0.717) is 64.5 Å². The number of aromatic nitrogens is 4. The normalized spacial score (nSPS) is 13.8. The van der Waals surface area contributed by atoms with Crippen molar-refractivity contribution in [2.75, 3.05) is 42.1 Å². The van der Waals surface area contributed by atoms with Crippen LogP contribution in [0.5, 0.6) is 0 Å². The van der Waals surface area contributed by atoms with Gasteiger partial charge in [0.15, 0.2) is 17.0 Å². The van der Waals surface area contributed by atoms with Crippen molar-refractivity contribution in [3.63, 3.8) is 0 Å². The van der Waals surface area contributed by atoms with Crippen LogP contribution in [0, 0.1) is 0 Å². The van der Waals surface area contributed by atoms with Crippen LogP contribution in [-0.2, 0) is 6.42 Å². The molecule has 9 nitrogen and oxygen atoms in total. The Kier molecular flexibility index (Phi) is 6.75. The zero-order chi connectivity index (χ0) is 25.2. The molecule has 1 aliphatic heterocycles. The van der Waals surface area contributed by atoms with Gasteiger partial charge in [-0.3, -0.25) is 0 Å². The van der Waals surface area contributed by atoms with E-state index < -0.39 is 0 Å². The van der Waals surface area contributed by atoms with Gasteiger partial charge in [0.25, 0.3) is 0 Å². The second-order valence-electron chi connectivity index (χ2n) is 8.42. The van der Waals surface area contributed by atoms with Crippen LogP contribution in [-0.4, -0.2) is 57.0 Å². The Morgan fingerprint density at radius 1 is 1.06 bits per heavy atom. The lowest BCUT2D eigenvalue weighted by Crippen LogP contribution is -2.50. The SMILES string of the molecule is CCc1cccc(NC(=O)N2CCN(c3nc(N)nc4ncc(-c5ccc(Cl)cc5Cl)nc34)CC2)c1. The Labute approximate surface area is 218 Å². The van der Waals surface area contributed by atoms with Gasteiger partial charge >= 0.3 is 6.03 Å². The van der Waals surface area contributed by atoms with Gasteiger partial charge in [0.2, 0.25) is 5.95 Å². The quantitative estimate of drug-likeness (QED) is 0.392. The first kappa shape index (κ1) is 24.0. The third-order valence-electron chi connectivity index (χ3n) is 6.07. The lowest BCUT2D eigenvalue weighted by molar-refractivity contribution is 0.208. The molecule has 0 atom stereocenters. The predicted molar refractivity (Wildman–Crippen MR) is 144 cm³/mol. The van der Waals surface area contributed by atoms with Crippen molar-refractivity contribution in [3.8, 4) is 11.3 Å². The van der Waals surface area contributed by atoms with Gasteiger partial charge in [0, 0.05) is 42.5 Å². The number of nitrogens with two attached hydrogens (primary N) is 1. The summed E-state index contributed by atoms with van der Waals surface area (Å²) in [4.78, 5) is 34.6. The third-order valence-corrected chi connectivity index (χ3v) is 6.61. The second-order valence-corrected chi connectivity index (χ2v) is 9.26. The number of piperazine rings is 1. The molecule has 1 saturated heterocycles. The largest absolute Gasteiger partial charge is 0.368 e. The number of aryl methyl sites for hydroxylation is 1. The summed E-state index contributed by atoms with van der Waals surface area (Å²) in [7, 11) is 0. The molecule has 0 bridgehead atoms. The van der Waals surface area contributed by atoms with Crippen LogP contribution in [0.2, 0.25) is 10.0 Å². The average Bonchev–Trinajstić information content (AvgIpc) is 2.88. The van der Waals surface area contributed by atoms with E-state index in [-0.39, 0.29) is 12.0 Å². The summed E-state index contributed by atoms with van der Waals surface area (Å²) in [5.74, 6) is 0.688. The fourth-order valence-electron chi connectivity index (χ4n) is 4.15. The molecule has 5 rings (SSSR count). The molecule has 0 spiro atoms. The van der Waals surface area contributed by atoms with Crippen LogP contribution in [0.25, 0.3) is 22.4 Å².